The molecule has 0 bridgehead atoms. The maximum absolute atomic E-state index is 13.2. The summed E-state index contributed by atoms with van der Waals surface area (Å²) in [6.45, 7) is 13.1. The van der Waals surface area contributed by atoms with Crippen molar-refractivity contribution in [3.63, 3.8) is 0 Å². The molecule has 478 valence electrons. The van der Waals surface area contributed by atoms with Crippen LogP contribution in [-0.4, -0.2) is 252 Å². The number of carbonyl (C=O) groups is 1. The van der Waals surface area contributed by atoms with Gasteiger partial charge in [0, 0.05) is 12.8 Å². The highest BCUT2D eigenvalue weighted by Gasteiger charge is 2.64. The molecule has 0 aromatic rings. The predicted molar refractivity (Wildman–Crippen MR) is 280 cm³/mol. The summed E-state index contributed by atoms with van der Waals surface area (Å²) in [5.74, 6) is -0.731. The van der Waals surface area contributed by atoms with E-state index in [1.807, 2.05) is 13.8 Å². The van der Waals surface area contributed by atoms with E-state index in [1.54, 1.807) is 6.92 Å². The molecule has 32 atom stereocenters. The fourth-order valence-corrected chi connectivity index (χ4v) is 16.0. The molecule has 0 aromatic carbocycles. The van der Waals surface area contributed by atoms with E-state index in [-0.39, 0.29) is 48.7 Å². The van der Waals surface area contributed by atoms with Crippen molar-refractivity contribution in [3.05, 3.63) is 11.6 Å². The highest BCUT2D eigenvalue weighted by atomic mass is 32.3. The molecular formula is C55H90O27S. The standard InChI is InChI=1S/C55H90O27S/c1-21(2)15-25(56)18-55(8,68)34-10-9-28-27-17-32(30-16-26(82-83(69,70)71)11-13-53(30,6)29(27)12-14-54(28,34)7)77-50-44(67)45(37(60)24(5)76-50)79-52-47(81-49-43(66)41(64)36(59)23(4)75-49)39(62)33(20-73-52)78-51-46(38(61)31(57)19-72-51)80-48-42(65)40(63)35(58)22(3)74-48/h12,21-24,26-28,30-52,57-68H,9-11,13-20H2,1-8H3,(H,69,70,71). The Morgan fingerprint density at radius 1 is 0.639 bits per heavy atom. The van der Waals surface area contributed by atoms with E-state index in [0.29, 0.717) is 32.1 Å². The van der Waals surface area contributed by atoms with Crippen molar-refractivity contribution in [2.75, 3.05) is 13.2 Å². The van der Waals surface area contributed by atoms with E-state index in [0.717, 1.165) is 12.0 Å². The molecule has 5 saturated heterocycles. The maximum Gasteiger partial charge on any atom is 0.397 e. The number of rotatable bonds is 17. The minimum Gasteiger partial charge on any atom is -0.389 e. The number of aliphatic hydroxyl groups is 12. The Labute approximate surface area is 482 Å². The normalized spacial score (nSPS) is 51.3. The van der Waals surface area contributed by atoms with E-state index in [4.69, 9.17) is 51.6 Å². The second-order valence-corrected chi connectivity index (χ2v) is 27.3. The number of ketones is 1. The Morgan fingerprint density at radius 2 is 1.17 bits per heavy atom. The third-order valence-corrected chi connectivity index (χ3v) is 20.4. The first-order valence-electron chi connectivity index (χ1n) is 29.3. The number of ether oxygens (including phenoxy) is 10. The molecule has 0 radical (unpaired) electrons. The van der Waals surface area contributed by atoms with E-state index < -0.39 is 199 Å². The van der Waals surface area contributed by atoms with Gasteiger partial charge >= 0.3 is 10.4 Å². The van der Waals surface area contributed by atoms with Crippen LogP contribution >= 0.6 is 0 Å². The van der Waals surface area contributed by atoms with Gasteiger partial charge < -0.3 is 109 Å². The number of hydrogen-bond donors (Lipinski definition) is 13. The Morgan fingerprint density at radius 3 is 1.76 bits per heavy atom. The van der Waals surface area contributed by atoms with E-state index in [9.17, 15) is 79.0 Å². The first kappa shape index (κ1) is 65.8. The molecule has 5 aliphatic heterocycles. The fraction of sp³-hybridized carbons (Fsp3) is 0.945. The first-order chi connectivity index (χ1) is 38.7. The lowest BCUT2D eigenvalue weighted by molar-refractivity contribution is -0.394. The second-order valence-electron chi connectivity index (χ2n) is 26.2. The summed E-state index contributed by atoms with van der Waals surface area (Å²) in [4.78, 5) is 13.2. The molecule has 13 N–H and O–H groups in total. The Balaban J connectivity index is 0.972. The summed E-state index contributed by atoms with van der Waals surface area (Å²) in [5, 5.41) is 134. The molecule has 9 rings (SSSR count). The van der Waals surface area contributed by atoms with Crippen LogP contribution in [0.25, 0.3) is 0 Å². The molecule has 32 unspecified atom stereocenters. The van der Waals surface area contributed by atoms with Crippen molar-refractivity contribution in [1.29, 1.82) is 0 Å². The van der Waals surface area contributed by atoms with Crippen molar-refractivity contribution in [1.82, 2.24) is 0 Å². The van der Waals surface area contributed by atoms with Crippen LogP contribution in [0.2, 0.25) is 0 Å². The van der Waals surface area contributed by atoms with Crippen LogP contribution in [0, 0.1) is 40.4 Å². The SMILES string of the molecule is CC(C)CC(=O)CC(C)(O)C1CCC2C3CC(OC4OC(C)C(O)C(OC5OCC(OC6OCC(O)C(O)C6OC6OC(C)C(O)C(O)C6O)C(O)C5OC5OC(C)C(O)C(O)C5O)C4O)C4CC(OS(=O)(=O)O)CCC4(C)C3=CCC21C. The fourth-order valence-electron chi connectivity index (χ4n) is 15.5. The summed E-state index contributed by atoms with van der Waals surface area (Å²) in [5.41, 5.74) is -1.21. The van der Waals surface area contributed by atoms with Crippen LogP contribution in [0.15, 0.2) is 11.6 Å². The minimum atomic E-state index is -4.87. The van der Waals surface area contributed by atoms with E-state index >= 15 is 0 Å². The van der Waals surface area contributed by atoms with Gasteiger partial charge in [0.05, 0.1) is 49.3 Å². The topological polar surface area (TPSA) is 416 Å². The zero-order valence-corrected chi connectivity index (χ0v) is 48.9. The van der Waals surface area contributed by atoms with Crippen LogP contribution in [0.4, 0.5) is 0 Å². The number of carbonyl (C=O) groups excluding carboxylic acids is 1. The molecule has 83 heavy (non-hydrogen) atoms. The van der Waals surface area contributed by atoms with Crippen LogP contribution in [0.1, 0.15) is 113 Å². The summed E-state index contributed by atoms with van der Waals surface area (Å²) < 4.78 is 100. The summed E-state index contributed by atoms with van der Waals surface area (Å²) in [6.07, 6.45) is -33.9. The van der Waals surface area contributed by atoms with Crippen molar-refractivity contribution in [2.45, 2.75) is 272 Å². The van der Waals surface area contributed by atoms with Crippen LogP contribution in [0.5, 0.6) is 0 Å². The van der Waals surface area contributed by atoms with Gasteiger partial charge in [0.1, 0.15) is 97.3 Å². The van der Waals surface area contributed by atoms with Gasteiger partial charge in [-0.05, 0) is 113 Å². The van der Waals surface area contributed by atoms with Gasteiger partial charge in [-0.3, -0.25) is 9.35 Å². The summed E-state index contributed by atoms with van der Waals surface area (Å²) in [7, 11) is -4.87. The van der Waals surface area contributed by atoms with Gasteiger partial charge in [0.2, 0.25) is 0 Å². The van der Waals surface area contributed by atoms with Gasteiger partial charge in [-0.2, -0.15) is 8.42 Å². The van der Waals surface area contributed by atoms with Crippen molar-refractivity contribution >= 4 is 16.2 Å². The zero-order chi connectivity index (χ0) is 60.7. The minimum absolute atomic E-state index is 0.00824. The summed E-state index contributed by atoms with van der Waals surface area (Å²) >= 11 is 0. The molecule has 28 heteroatoms. The smallest absolute Gasteiger partial charge is 0.389 e. The molecule has 27 nitrogen and oxygen atoms in total. The largest absolute Gasteiger partial charge is 0.397 e. The third-order valence-electron chi connectivity index (χ3n) is 19.9. The molecule has 0 aromatic heterocycles. The van der Waals surface area contributed by atoms with E-state index in [2.05, 4.69) is 19.9 Å². The van der Waals surface area contributed by atoms with Crippen molar-refractivity contribution < 1.29 is 131 Å². The van der Waals surface area contributed by atoms with Gasteiger partial charge in [-0.25, -0.2) is 4.18 Å². The molecule has 8 fully saturated rings. The van der Waals surface area contributed by atoms with Crippen LogP contribution in [-0.2, 0) is 66.7 Å². The lowest BCUT2D eigenvalue weighted by atomic mass is 9.47. The molecule has 5 heterocycles. The monoisotopic (exact) mass is 1210 g/mol. The van der Waals surface area contributed by atoms with Crippen LogP contribution < -0.4 is 0 Å². The van der Waals surface area contributed by atoms with Crippen molar-refractivity contribution in [3.8, 4) is 0 Å². The highest BCUT2D eigenvalue weighted by molar-refractivity contribution is 7.80. The molecule has 0 amide bonds. The predicted octanol–water partition coefficient (Wildman–Crippen LogP) is -2.04. The van der Waals surface area contributed by atoms with E-state index in [1.165, 1.54) is 20.8 Å². The number of Topliss-reactive ketones (excluding diaryl/α,β-unsaturated/α-hetero) is 1. The lowest BCUT2D eigenvalue weighted by Crippen LogP contribution is -2.66. The average Bonchev–Trinajstić information content (AvgIpc) is 1.90. The zero-order valence-electron chi connectivity index (χ0n) is 48.1. The van der Waals surface area contributed by atoms with Gasteiger partial charge in [-0.15, -0.1) is 0 Å². The Bertz CT molecular complexity index is 2370. The molecule has 0 spiro atoms. The van der Waals surface area contributed by atoms with Crippen LogP contribution in [0.3, 0.4) is 0 Å². The second kappa shape index (κ2) is 25.4. The third kappa shape index (κ3) is 13.2. The van der Waals surface area contributed by atoms with Crippen molar-refractivity contribution in [2.24, 2.45) is 40.4 Å². The van der Waals surface area contributed by atoms with Gasteiger partial charge in [-0.1, -0.05) is 39.3 Å². The number of allylic oxidation sites excluding steroid dienone is 2. The molecule has 9 aliphatic rings. The quantitative estimate of drug-likeness (QED) is 0.0551. The number of aliphatic hydroxyl groups excluding tert-OH is 11. The molecule has 4 aliphatic carbocycles. The molecule has 3 saturated carbocycles. The van der Waals surface area contributed by atoms with Gasteiger partial charge in [0.15, 0.2) is 31.5 Å². The molecular weight excluding hydrogens is 1120 g/mol. The average molecular weight is 1220 g/mol. The first-order valence-corrected chi connectivity index (χ1v) is 30.7. The number of hydrogen-bond acceptors (Lipinski definition) is 26. The maximum atomic E-state index is 13.2. The highest BCUT2D eigenvalue weighted by Crippen LogP contribution is 2.67. The lowest BCUT2D eigenvalue weighted by Gasteiger charge is -2.60. The summed E-state index contributed by atoms with van der Waals surface area (Å²) in [6, 6.07) is 0. The Hall–Kier alpha value is -1.60. The van der Waals surface area contributed by atoms with Gasteiger partial charge in [0.25, 0.3) is 0 Å². The number of fused-ring (bicyclic) bond motifs is 5. The Kier molecular flexibility index (Phi) is 20.1.